The zero-order valence-corrected chi connectivity index (χ0v) is 27.6. The molecule has 11 aromatic rings. The van der Waals surface area contributed by atoms with Gasteiger partial charge in [-0.15, -0.1) is 0 Å². The number of benzene rings is 8. The summed E-state index contributed by atoms with van der Waals surface area (Å²) in [5, 5.41) is 7.19. The van der Waals surface area contributed by atoms with Gasteiger partial charge in [0.1, 0.15) is 5.58 Å². The Labute approximate surface area is 293 Å². The van der Waals surface area contributed by atoms with E-state index in [1.807, 2.05) is 6.07 Å². The maximum Gasteiger partial charge on any atom is 0.160 e. The van der Waals surface area contributed by atoms with Crippen molar-refractivity contribution in [2.24, 2.45) is 0 Å². The van der Waals surface area contributed by atoms with Crippen molar-refractivity contribution in [1.82, 2.24) is 9.13 Å². The fourth-order valence-electron chi connectivity index (χ4n) is 8.27. The van der Waals surface area contributed by atoms with E-state index >= 15 is 0 Å². The van der Waals surface area contributed by atoms with Crippen LogP contribution in [0.25, 0.3) is 99.2 Å². The minimum Gasteiger partial charge on any atom is -0.454 e. The molecule has 0 aliphatic heterocycles. The first kappa shape index (κ1) is 28.0. The first-order valence-electron chi connectivity index (χ1n) is 17.4. The van der Waals surface area contributed by atoms with E-state index in [1.165, 1.54) is 54.8 Å². The summed E-state index contributed by atoms with van der Waals surface area (Å²) in [7, 11) is 0. The van der Waals surface area contributed by atoms with Crippen LogP contribution in [0.15, 0.2) is 186 Å². The smallest absolute Gasteiger partial charge is 0.160 e. The van der Waals surface area contributed by atoms with Gasteiger partial charge >= 0.3 is 0 Å². The lowest BCUT2D eigenvalue weighted by Gasteiger charge is -2.12. The lowest BCUT2D eigenvalue weighted by Crippen LogP contribution is -1.95. The van der Waals surface area contributed by atoms with Gasteiger partial charge in [0.2, 0.25) is 0 Å². The van der Waals surface area contributed by atoms with Crippen molar-refractivity contribution in [1.29, 1.82) is 0 Å². The van der Waals surface area contributed by atoms with E-state index in [4.69, 9.17) is 4.42 Å². The van der Waals surface area contributed by atoms with Crippen LogP contribution in [0.1, 0.15) is 0 Å². The van der Waals surface area contributed by atoms with Crippen molar-refractivity contribution in [3.05, 3.63) is 182 Å². The molecule has 0 unspecified atom stereocenters. The van der Waals surface area contributed by atoms with E-state index < -0.39 is 0 Å². The summed E-state index contributed by atoms with van der Waals surface area (Å²) in [6.45, 7) is 0. The van der Waals surface area contributed by atoms with Crippen LogP contribution in [-0.2, 0) is 0 Å². The molecule has 238 valence electrons. The number of furan rings is 1. The van der Waals surface area contributed by atoms with Gasteiger partial charge in [-0.25, -0.2) is 0 Å². The van der Waals surface area contributed by atoms with Crippen LogP contribution in [0, 0.1) is 0 Å². The van der Waals surface area contributed by atoms with Gasteiger partial charge in [0.05, 0.1) is 27.8 Å². The topological polar surface area (TPSA) is 23.0 Å². The van der Waals surface area contributed by atoms with E-state index in [-0.39, 0.29) is 0 Å². The van der Waals surface area contributed by atoms with E-state index in [2.05, 4.69) is 185 Å². The van der Waals surface area contributed by atoms with Gasteiger partial charge < -0.3 is 13.6 Å². The number of aromatic nitrogens is 2. The molecule has 3 nitrogen and oxygen atoms in total. The van der Waals surface area contributed by atoms with Gasteiger partial charge in [-0.3, -0.25) is 0 Å². The van der Waals surface area contributed by atoms with E-state index in [0.29, 0.717) is 0 Å². The Morgan fingerprint density at radius 2 is 0.941 bits per heavy atom. The van der Waals surface area contributed by atoms with Crippen molar-refractivity contribution < 1.29 is 4.42 Å². The molecule has 0 fully saturated rings. The number of para-hydroxylation sites is 4. The second-order valence-electron chi connectivity index (χ2n) is 13.3. The number of hydrogen-bond donors (Lipinski definition) is 0. The van der Waals surface area contributed by atoms with Crippen LogP contribution in [-0.4, -0.2) is 9.13 Å². The highest BCUT2D eigenvalue weighted by atomic mass is 16.3. The summed E-state index contributed by atoms with van der Waals surface area (Å²) >= 11 is 0. The number of rotatable bonds is 4. The van der Waals surface area contributed by atoms with Crippen LogP contribution in [0.3, 0.4) is 0 Å². The molecule has 0 bridgehead atoms. The van der Waals surface area contributed by atoms with Gasteiger partial charge in [-0.05, 0) is 76.9 Å². The fourth-order valence-corrected chi connectivity index (χ4v) is 8.27. The molecule has 0 amide bonds. The minimum absolute atomic E-state index is 0.890. The lowest BCUT2D eigenvalue weighted by molar-refractivity contribution is 0.666. The van der Waals surface area contributed by atoms with E-state index in [9.17, 15) is 0 Å². The Balaban J connectivity index is 1.17. The number of hydrogen-bond acceptors (Lipinski definition) is 1. The predicted octanol–water partition coefficient (Wildman–Crippen LogP) is 13.1. The third-order valence-electron chi connectivity index (χ3n) is 10.5. The normalized spacial score (nSPS) is 11.9. The van der Waals surface area contributed by atoms with Crippen LogP contribution in [0.4, 0.5) is 0 Å². The van der Waals surface area contributed by atoms with Crippen molar-refractivity contribution in [2.75, 3.05) is 0 Å². The van der Waals surface area contributed by atoms with Crippen LogP contribution in [0.5, 0.6) is 0 Å². The zero-order valence-electron chi connectivity index (χ0n) is 27.6. The molecule has 0 saturated carbocycles. The average molecular weight is 651 g/mol. The van der Waals surface area contributed by atoms with Crippen molar-refractivity contribution in [3.8, 4) is 33.6 Å². The van der Waals surface area contributed by atoms with E-state index in [1.54, 1.807) is 0 Å². The van der Waals surface area contributed by atoms with Crippen molar-refractivity contribution >= 4 is 65.6 Å². The zero-order chi connectivity index (χ0) is 33.5. The molecule has 3 aromatic heterocycles. The molecular weight excluding hydrogens is 621 g/mol. The molecule has 0 spiro atoms. The molecule has 8 aromatic carbocycles. The molecule has 0 N–H and O–H groups in total. The first-order valence-corrected chi connectivity index (χ1v) is 17.4. The summed E-state index contributed by atoms with van der Waals surface area (Å²) in [6.07, 6.45) is 0. The van der Waals surface area contributed by atoms with E-state index in [0.717, 1.165) is 44.3 Å². The lowest BCUT2D eigenvalue weighted by atomic mass is 9.98. The van der Waals surface area contributed by atoms with Crippen LogP contribution in [0.2, 0.25) is 0 Å². The highest BCUT2D eigenvalue weighted by Crippen LogP contribution is 2.43. The van der Waals surface area contributed by atoms with Crippen molar-refractivity contribution in [3.63, 3.8) is 0 Å². The third-order valence-corrected chi connectivity index (χ3v) is 10.5. The minimum atomic E-state index is 0.890. The average Bonchev–Trinajstić information content (AvgIpc) is 3.86. The molecule has 0 saturated heterocycles. The molecule has 51 heavy (non-hydrogen) atoms. The summed E-state index contributed by atoms with van der Waals surface area (Å²) in [5.41, 5.74) is 13.4. The van der Waals surface area contributed by atoms with Gasteiger partial charge in [-0.1, -0.05) is 127 Å². The largest absolute Gasteiger partial charge is 0.454 e. The quantitative estimate of drug-likeness (QED) is 0.186. The highest BCUT2D eigenvalue weighted by Gasteiger charge is 2.21. The molecule has 11 rings (SSSR count). The van der Waals surface area contributed by atoms with Gasteiger partial charge in [0.15, 0.2) is 5.58 Å². The SMILES string of the molecule is c1ccc(-c2ccc(-n3c4ccccc4c4ccc(-c5ccc6c(c5)c5ccccc5n6-c5ccccc5)cc43)c3oc4ccccc4c23)cc1. The maximum absolute atomic E-state index is 6.79. The summed E-state index contributed by atoms with van der Waals surface area (Å²) in [6, 6.07) is 65.4. The Morgan fingerprint density at radius 1 is 0.353 bits per heavy atom. The predicted molar refractivity (Wildman–Crippen MR) is 213 cm³/mol. The fraction of sp³-hybridized carbons (Fsp3) is 0. The van der Waals surface area contributed by atoms with Crippen LogP contribution < -0.4 is 0 Å². The van der Waals surface area contributed by atoms with Crippen LogP contribution >= 0.6 is 0 Å². The molecule has 3 heterocycles. The molecule has 0 aliphatic rings. The second-order valence-corrected chi connectivity index (χ2v) is 13.3. The first-order chi connectivity index (χ1) is 25.3. The molecule has 3 heteroatoms. The Hall–Kier alpha value is -6.84. The Bertz CT molecular complexity index is 3130. The Kier molecular flexibility index (Phi) is 5.96. The maximum atomic E-state index is 6.79. The standard InChI is InChI=1S/C48H30N2O/c1-3-13-31(14-4-1)35-26-28-44(48-47(35)39-19-9-12-22-46(39)51-48)50-42-21-11-7-17-36(42)38-25-23-33(30-45(38)50)32-24-27-43-40(29-32)37-18-8-10-20-41(37)49(43)34-15-5-2-6-16-34/h1-30H. The Morgan fingerprint density at radius 3 is 1.75 bits per heavy atom. The van der Waals surface area contributed by atoms with Crippen molar-refractivity contribution in [2.45, 2.75) is 0 Å². The number of nitrogens with zero attached hydrogens (tertiary/aromatic N) is 2. The van der Waals surface area contributed by atoms with Gasteiger partial charge in [0.25, 0.3) is 0 Å². The molecule has 0 aliphatic carbocycles. The third kappa shape index (κ3) is 4.12. The summed E-state index contributed by atoms with van der Waals surface area (Å²) < 4.78 is 11.6. The number of fused-ring (bicyclic) bond motifs is 9. The summed E-state index contributed by atoms with van der Waals surface area (Å²) in [5.74, 6) is 0. The molecular formula is C48H30N2O. The molecule has 0 radical (unpaired) electrons. The molecule has 0 atom stereocenters. The monoisotopic (exact) mass is 650 g/mol. The van der Waals surface area contributed by atoms with Gasteiger partial charge in [-0.2, -0.15) is 0 Å². The second kappa shape index (κ2) is 10.8. The van der Waals surface area contributed by atoms with Gasteiger partial charge in [0, 0.05) is 38.0 Å². The highest BCUT2D eigenvalue weighted by molar-refractivity contribution is 6.17. The summed E-state index contributed by atoms with van der Waals surface area (Å²) in [4.78, 5) is 0.